The summed E-state index contributed by atoms with van der Waals surface area (Å²) in [6.07, 6.45) is 1.86. The fourth-order valence-electron chi connectivity index (χ4n) is 2.56. The molecule has 1 aromatic heterocycles. The molecule has 0 radical (unpaired) electrons. The topological polar surface area (TPSA) is 78.9 Å². The minimum atomic E-state index is -0.403. The third-order valence-electron chi connectivity index (χ3n) is 3.58. The van der Waals surface area contributed by atoms with Gasteiger partial charge in [0.2, 0.25) is 0 Å². The molecule has 0 saturated carbocycles. The summed E-state index contributed by atoms with van der Waals surface area (Å²) < 4.78 is 20.7. The molecule has 106 valence electrons. The molecule has 1 saturated heterocycles. The first kappa shape index (κ1) is 13.0. The van der Waals surface area contributed by atoms with E-state index >= 15 is 0 Å². The van der Waals surface area contributed by atoms with Gasteiger partial charge in [-0.25, -0.2) is 9.07 Å². The highest BCUT2D eigenvalue weighted by Crippen LogP contribution is 2.30. The Kier molecular flexibility index (Phi) is 3.13. The third kappa shape index (κ3) is 2.24. The summed E-state index contributed by atoms with van der Waals surface area (Å²) in [5, 5.41) is 11.8. The number of hydrogen-bond donors (Lipinski definition) is 1. The number of nitrogens with two attached hydrogens (primary N) is 1. The highest BCUT2D eigenvalue weighted by molar-refractivity contribution is 5.61. The van der Waals surface area contributed by atoms with Crippen molar-refractivity contribution in [2.75, 3.05) is 18.9 Å². The quantitative estimate of drug-likeness (QED) is 0.843. The minimum Gasteiger partial charge on any atom is -0.399 e. The molecule has 1 fully saturated rings. The lowest BCUT2D eigenvalue weighted by Gasteiger charge is -2.33. The normalized spacial score (nSPS) is 22.9. The van der Waals surface area contributed by atoms with Crippen LogP contribution in [-0.4, -0.2) is 33.4 Å². The molecule has 20 heavy (non-hydrogen) atoms. The van der Waals surface area contributed by atoms with Gasteiger partial charge in [0.1, 0.15) is 5.82 Å². The number of rotatable bonds is 2. The van der Waals surface area contributed by atoms with Gasteiger partial charge >= 0.3 is 0 Å². The summed E-state index contributed by atoms with van der Waals surface area (Å²) in [6.45, 7) is 3.32. The van der Waals surface area contributed by atoms with Crippen molar-refractivity contribution in [2.24, 2.45) is 0 Å². The van der Waals surface area contributed by atoms with Gasteiger partial charge in [0.25, 0.3) is 0 Å². The summed E-state index contributed by atoms with van der Waals surface area (Å²) in [6, 6.07) is 4.31. The van der Waals surface area contributed by atoms with Gasteiger partial charge in [0, 0.05) is 17.9 Å². The van der Waals surface area contributed by atoms with Crippen molar-refractivity contribution in [2.45, 2.75) is 25.3 Å². The molecule has 0 bridgehead atoms. The van der Waals surface area contributed by atoms with Gasteiger partial charge in [0.15, 0.2) is 5.82 Å². The molecule has 7 heteroatoms. The maximum absolute atomic E-state index is 13.5. The summed E-state index contributed by atoms with van der Waals surface area (Å²) in [4.78, 5) is 0. The zero-order chi connectivity index (χ0) is 14.2. The molecule has 2 aromatic rings. The Hall–Kier alpha value is -2.02. The second-order valence-electron chi connectivity index (χ2n) is 5.34. The molecule has 2 N–H and O–H groups in total. The number of nitrogen functional groups attached to an aromatic ring is 1. The highest BCUT2D eigenvalue weighted by Gasteiger charge is 2.33. The predicted octanol–water partition coefficient (Wildman–Crippen LogP) is 1.59. The Morgan fingerprint density at radius 3 is 2.95 bits per heavy atom. The first-order valence-corrected chi connectivity index (χ1v) is 6.51. The monoisotopic (exact) mass is 277 g/mol. The van der Waals surface area contributed by atoms with Crippen LogP contribution < -0.4 is 5.73 Å². The summed E-state index contributed by atoms with van der Waals surface area (Å²) in [5.41, 5.74) is 6.28. The van der Waals surface area contributed by atoms with Gasteiger partial charge in [-0.15, -0.1) is 5.10 Å². The van der Waals surface area contributed by atoms with Gasteiger partial charge in [-0.2, -0.15) is 0 Å². The number of ether oxygens (including phenoxy) is 1. The van der Waals surface area contributed by atoms with Crippen LogP contribution >= 0.6 is 0 Å². The van der Waals surface area contributed by atoms with Crippen LogP contribution in [0.15, 0.2) is 18.2 Å². The van der Waals surface area contributed by atoms with E-state index in [2.05, 4.69) is 15.5 Å². The number of anilines is 1. The van der Waals surface area contributed by atoms with E-state index in [1.165, 1.54) is 12.1 Å². The molecule has 0 aliphatic carbocycles. The maximum atomic E-state index is 13.5. The Morgan fingerprint density at radius 2 is 2.25 bits per heavy atom. The number of aromatic nitrogens is 4. The molecule has 3 rings (SSSR count). The van der Waals surface area contributed by atoms with Crippen molar-refractivity contribution in [1.82, 2.24) is 20.2 Å². The molecule has 0 spiro atoms. The first-order valence-electron chi connectivity index (χ1n) is 6.51. The Bertz CT molecular complexity index is 601. The van der Waals surface area contributed by atoms with E-state index in [9.17, 15) is 4.39 Å². The van der Waals surface area contributed by atoms with E-state index < -0.39 is 5.82 Å². The lowest BCUT2D eigenvalue weighted by molar-refractivity contribution is 0.00348. The summed E-state index contributed by atoms with van der Waals surface area (Å²) >= 11 is 0. The van der Waals surface area contributed by atoms with Gasteiger partial charge in [-0.1, -0.05) is 0 Å². The van der Waals surface area contributed by atoms with Gasteiger partial charge in [-0.3, -0.25) is 0 Å². The fraction of sp³-hybridized carbons (Fsp3) is 0.462. The van der Waals surface area contributed by atoms with Crippen molar-refractivity contribution >= 4 is 5.69 Å². The Balaban J connectivity index is 2.05. The number of halogens is 1. The minimum absolute atomic E-state index is 0.321. The first-order chi connectivity index (χ1) is 9.58. The van der Waals surface area contributed by atoms with E-state index in [1.807, 2.05) is 6.92 Å². The van der Waals surface area contributed by atoms with Crippen molar-refractivity contribution in [3.63, 3.8) is 0 Å². The average molecular weight is 277 g/mol. The van der Waals surface area contributed by atoms with Crippen molar-refractivity contribution < 1.29 is 9.13 Å². The van der Waals surface area contributed by atoms with Crippen LogP contribution in [0.4, 0.5) is 10.1 Å². The summed E-state index contributed by atoms with van der Waals surface area (Å²) in [5.74, 6) is 0.101. The highest BCUT2D eigenvalue weighted by atomic mass is 19.1. The van der Waals surface area contributed by atoms with Gasteiger partial charge < -0.3 is 10.5 Å². The Morgan fingerprint density at radius 1 is 1.40 bits per heavy atom. The fourth-order valence-corrected chi connectivity index (χ4v) is 2.56. The molecule has 1 aliphatic rings. The standard InChI is InChI=1S/C13H16FN5O/c1-13(3-2-4-20-8-13)19-12(16-17-18-19)9-5-10(14)7-11(15)6-9/h5-7H,2-4,8,15H2,1H3. The van der Waals surface area contributed by atoms with Crippen molar-refractivity contribution in [3.8, 4) is 11.4 Å². The van der Waals surface area contributed by atoms with Crippen molar-refractivity contribution in [3.05, 3.63) is 24.0 Å². The van der Waals surface area contributed by atoms with Crippen LogP contribution in [0.3, 0.4) is 0 Å². The molecular weight excluding hydrogens is 261 g/mol. The van der Waals surface area contributed by atoms with Crippen molar-refractivity contribution in [1.29, 1.82) is 0 Å². The van der Waals surface area contributed by atoms with Gasteiger partial charge in [0.05, 0.1) is 12.1 Å². The lowest BCUT2D eigenvalue weighted by Crippen LogP contribution is -2.40. The smallest absolute Gasteiger partial charge is 0.182 e. The zero-order valence-electron chi connectivity index (χ0n) is 11.2. The Labute approximate surface area is 115 Å². The van der Waals surface area contributed by atoms with Crippen LogP contribution in [0.2, 0.25) is 0 Å². The van der Waals surface area contributed by atoms with E-state index in [4.69, 9.17) is 10.5 Å². The van der Waals surface area contributed by atoms with Crippen LogP contribution in [0.25, 0.3) is 11.4 Å². The van der Waals surface area contributed by atoms with E-state index in [-0.39, 0.29) is 5.54 Å². The molecular formula is C13H16FN5O. The van der Waals surface area contributed by atoms with Crippen LogP contribution in [-0.2, 0) is 10.3 Å². The summed E-state index contributed by atoms with van der Waals surface area (Å²) in [7, 11) is 0. The van der Waals surface area contributed by atoms with Gasteiger partial charge in [-0.05, 0) is 48.4 Å². The molecule has 6 nitrogen and oxygen atoms in total. The molecule has 1 aromatic carbocycles. The number of benzene rings is 1. The largest absolute Gasteiger partial charge is 0.399 e. The van der Waals surface area contributed by atoms with Crippen LogP contribution in [0.5, 0.6) is 0 Å². The number of nitrogens with zero attached hydrogens (tertiary/aromatic N) is 4. The SMILES string of the molecule is CC1(n2nnnc2-c2cc(N)cc(F)c2)CCCOC1. The maximum Gasteiger partial charge on any atom is 0.182 e. The van der Waals surface area contributed by atoms with E-state index in [0.29, 0.717) is 23.7 Å². The average Bonchev–Trinajstić information content (AvgIpc) is 2.88. The van der Waals surface area contributed by atoms with Crippen LogP contribution in [0.1, 0.15) is 19.8 Å². The predicted molar refractivity (Wildman–Crippen MR) is 71.3 cm³/mol. The molecule has 0 amide bonds. The van der Waals surface area contributed by atoms with E-state index in [1.54, 1.807) is 10.7 Å². The lowest BCUT2D eigenvalue weighted by atomic mass is 9.94. The third-order valence-corrected chi connectivity index (χ3v) is 3.58. The van der Waals surface area contributed by atoms with E-state index in [0.717, 1.165) is 19.4 Å². The second-order valence-corrected chi connectivity index (χ2v) is 5.34. The number of hydrogen-bond acceptors (Lipinski definition) is 5. The molecule has 1 unspecified atom stereocenters. The number of tetrazole rings is 1. The van der Waals surface area contributed by atoms with Crippen LogP contribution in [0, 0.1) is 5.82 Å². The zero-order valence-corrected chi connectivity index (χ0v) is 11.2. The molecule has 1 atom stereocenters. The second kappa shape index (κ2) is 4.82. The molecule has 1 aliphatic heterocycles. The molecule has 2 heterocycles.